The van der Waals surface area contributed by atoms with Gasteiger partial charge in [-0.05, 0) is 0 Å². The van der Waals surface area contributed by atoms with E-state index in [2.05, 4.69) is 11.3 Å². The Morgan fingerprint density at radius 3 is 1.95 bits per heavy atom. The van der Waals surface area contributed by atoms with Gasteiger partial charge in [0, 0.05) is 11.6 Å². The molecule has 0 aromatic rings. The smallest absolute Gasteiger partial charge is 0.481 e. The van der Waals surface area contributed by atoms with Crippen molar-refractivity contribution in [1.82, 2.24) is 0 Å². The zero-order chi connectivity index (χ0) is 14.3. The molecule has 0 atom stereocenters. The van der Waals surface area contributed by atoms with Crippen LogP contribution < -0.4 is 29.6 Å². The second kappa shape index (κ2) is 9.31. The third kappa shape index (κ3) is 9.00. The van der Waals surface area contributed by atoms with Crippen LogP contribution >= 0.6 is 0 Å². The molecule has 0 saturated carbocycles. The predicted molar refractivity (Wildman–Crippen MR) is 55.7 cm³/mol. The zero-order valence-electron chi connectivity index (χ0n) is 10.1. The molecule has 98 valence electrons. The van der Waals surface area contributed by atoms with Crippen molar-refractivity contribution in [2.45, 2.75) is 6.42 Å². The quantitative estimate of drug-likeness (QED) is 0.276. The van der Waals surface area contributed by atoms with E-state index >= 15 is 0 Å². The largest absolute Gasteiger partial charge is 1.00 e. The van der Waals surface area contributed by atoms with Crippen molar-refractivity contribution in [1.29, 1.82) is 0 Å². The third-order valence-electron chi connectivity index (χ3n) is 1.60. The molecule has 0 aromatic heterocycles. The summed E-state index contributed by atoms with van der Waals surface area (Å²) in [6.07, 6.45) is 0.470. The first-order chi connectivity index (χ1) is 8.23. The second-order valence-corrected chi connectivity index (χ2v) is 3.06. The van der Waals surface area contributed by atoms with Gasteiger partial charge in [0.2, 0.25) is 0 Å². The topological polar surface area (TPSA) is 138 Å². The molecule has 0 saturated heterocycles. The molecule has 0 radical (unpaired) electrons. The summed E-state index contributed by atoms with van der Waals surface area (Å²) in [5.41, 5.74) is -0.289. The Balaban J connectivity index is 0. The summed E-state index contributed by atoms with van der Waals surface area (Å²) in [7, 11) is 0. The molecular weight excluding hydrogens is 271 g/mol. The predicted octanol–water partition coefficient (Wildman–Crippen LogP) is -3.34. The average molecular weight is 281 g/mol. The van der Waals surface area contributed by atoms with Gasteiger partial charge in [-0.25, -0.2) is 14.4 Å². The van der Waals surface area contributed by atoms with E-state index in [1.165, 1.54) is 0 Å². The minimum atomic E-state index is -1.27. The minimum Gasteiger partial charge on any atom is -0.481 e. The Morgan fingerprint density at radius 2 is 1.79 bits per heavy atom. The first kappa shape index (κ1) is 19.7. The first-order valence-corrected chi connectivity index (χ1v) is 4.47. The number of rotatable bonds is 4. The zero-order valence-corrected chi connectivity index (χ0v) is 12.1. The van der Waals surface area contributed by atoms with Gasteiger partial charge in [-0.3, -0.25) is 4.79 Å². The van der Waals surface area contributed by atoms with Crippen molar-refractivity contribution in [3.05, 3.63) is 23.8 Å². The van der Waals surface area contributed by atoms with Crippen molar-refractivity contribution in [2.75, 3.05) is 6.61 Å². The van der Waals surface area contributed by atoms with Gasteiger partial charge in [-0.15, -0.1) is 0 Å². The van der Waals surface area contributed by atoms with Crippen LogP contribution in [-0.2, 0) is 23.9 Å². The summed E-state index contributed by atoms with van der Waals surface area (Å²) in [5.74, 6) is -4.12. The van der Waals surface area contributed by atoms with Crippen LogP contribution in [-0.4, -0.2) is 45.8 Å². The number of cyclic esters (lactones) is 1. The standard InChI is InChI=1S/C5H4O4.C5H6O4.Na/c6-4-1-3(2-9-4)5(7)8;1-3(5(8)9)2-4(6)7;/h1H,2H2,(H,7,8);1-2H2,(H,6,7)(H,8,9);/q;;+1. The summed E-state index contributed by atoms with van der Waals surface area (Å²) in [4.78, 5) is 39.9. The Labute approximate surface area is 129 Å². The summed E-state index contributed by atoms with van der Waals surface area (Å²) < 4.78 is 4.31. The van der Waals surface area contributed by atoms with Crippen LogP contribution in [0.3, 0.4) is 0 Å². The molecule has 8 nitrogen and oxygen atoms in total. The van der Waals surface area contributed by atoms with E-state index in [4.69, 9.17) is 15.3 Å². The van der Waals surface area contributed by atoms with Crippen LogP contribution in [0, 0.1) is 0 Å². The maximum atomic E-state index is 10.2. The van der Waals surface area contributed by atoms with Crippen LogP contribution in [0.15, 0.2) is 23.8 Å². The average Bonchev–Trinajstić information content (AvgIpc) is 2.64. The van der Waals surface area contributed by atoms with E-state index in [1.807, 2.05) is 0 Å². The first-order valence-electron chi connectivity index (χ1n) is 4.47. The van der Waals surface area contributed by atoms with Crippen LogP contribution in [0.5, 0.6) is 0 Å². The fourth-order valence-electron chi connectivity index (χ4n) is 0.756. The number of aliphatic carboxylic acids is 3. The number of carbonyl (C=O) groups is 4. The molecule has 0 fully saturated rings. The van der Waals surface area contributed by atoms with Crippen LogP contribution in [0.1, 0.15) is 6.42 Å². The van der Waals surface area contributed by atoms with E-state index in [9.17, 15) is 19.2 Å². The van der Waals surface area contributed by atoms with Gasteiger partial charge in [0.05, 0.1) is 12.0 Å². The van der Waals surface area contributed by atoms with E-state index in [0.717, 1.165) is 6.08 Å². The van der Waals surface area contributed by atoms with Gasteiger partial charge in [0.25, 0.3) is 0 Å². The van der Waals surface area contributed by atoms with E-state index in [1.54, 1.807) is 0 Å². The maximum absolute atomic E-state index is 10.2. The van der Waals surface area contributed by atoms with Crippen molar-refractivity contribution in [3.63, 3.8) is 0 Å². The number of hydrogen-bond acceptors (Lipinski definition) is 5. The Hall–Kier alpha value is -1.64. The molecule has 0 aromatic carbocycles. The van der Waals surface area contributed by atoms with Gasteiger partial charge in [0.1, 0.15) is 6.61 Å². The molecule has 3 N–H and O–H groups in total. The Kier molecular flexibility index (Phi) is 9.65. The van der Waals surface area contributed by atoms with Gasteiger partial charge < -0.3 is 20.1 Å². The fraction of sp³-hybridized carbons (Fsp3) is 0.200. The fourth-order valence-corrected chi connectivity index (χ4v) is 0.756. The molecule has 1 rings (SSSR count). The SMILES string of the molecule is C=C(CC(=O)O)C(=O)O.O=C1C=C(C(=O)O)CO1.[Na+]. The molecule has 1 aliphatic heterocycles. The Morgan fingerprint density at radius 1 is 1.26 bits per heavy atom. The monoisotopic (exact) mass is 281 g/mol. The molecule has 0 unspecified atom stereocenters. The van der Waals surface area contributed by atoms with Gasteiger partial charge in [-0.1, -0.05) is 6.58 Å². The molecule has 0 aliphatic carbocycles. The maximum Gasteiger partial charge on any atom is 1.00 e. The number of hydrogen-bond donors (Lipinski definition) is 3. The summed E-state index contributed by atoms with van der Waals surface area (Å²) in [6, 6.07) is 0. The van der Waals surface area contributed by atoms with Crippen molar-refractivity contribution < 1.29 is 68.8 Å². The van der Waals surface area contributed by atoms with E-state index in [-0.39, 0.29) is 47.3 Å². The van der Waals surface area contributed by atoms with Crippen LogP contribution in [0.2, 0.25) is 0 Å². The normalized spacial score (nSPS) is 12.0. The van der Waals surface area contributed by atoms with E-state index < -0.39 is 30.3 Å². The second-order valence-electron chi connectivity index (χ2n) is 3.06. The van der Waals surface area contributed by atoms with Crippen molar-refractivity contribution in [2.24, 2.45) is 0 Å². The van der Waals surface area contributed by atoms with Crippen molar-refractivity contribution >= 4 is 23.9 Å². The minimum absolute atomic E-state index is 0. The third-order valence-corrected chi connectivity index (χ3v) is 1.60. The Bertz CT molecular complexity index is 437. The molecule has 1 heterocycles. The molecule has 0 spiro atoms. The van der Waals surface area contributed by atoms with E-state index in [0.29, 0.717) is 0 Å². The van der Waals surface area contributed by atoms with Gasteiger partial charge in [0.15, 0.2) is 0 Å². The summed E-state index contributed by atoms with van der Waals surface area (Å²) in [6.45, 7) is 2.91. The van der Waals surface area contributed by atoms with Crippen LogP contribution in [0.25, 0.3) is 0 Å². The molecule has 1 aliphatic rings. The van der Waals surface area contributed by atoms with Crippen molar-refractivity contribution in [3.8, 4) is 0 Å². The number of carbonyl (C=O) groups excluding carboxylic acids is 1. The summed E-state index contributed by atoms with van der Waals surface area (Å²) >= 11 is 0. The number of ether oxygens (including phenoxy) is 1. The number of carboxylic acid groups (broad SMARTS) is 3. The molecular formula is C10H10NaO8+. The molecule has 0 amide bonds. The van der Waals surface area contributed by atoms with Gasteiger partial charge in [-0.2, -0.15) is 0 Å². The summed E-state index contributed by atoms with van der Waals surface area (Å²) in [5, 5.41) is 24.3. The molecule has 19 heavy (non-hydrogen) atoms. The van der Waals surface area contributed by atoms with Crippen LogP contribution in [0.4, 0.5) is 0 Å². The molecule has 0 bridgehead atoms. The van der Waals surface area contributed by atoms with Gasteiger partial charge >= 0.3 is 53.4 Å². The molecule has 9 heteroatoms. The number of carboxylic acids is 3. The number of esters is 1.